The molecule has 0 amide bonds. The highest BCUT2D eigenvalue weighted by molar-refractivity contribution is 5.93. The number of benzene rings is 4. The van der Waals surface area contributed by atoms with Gasteiger partial charge < -0.3 is 14.2 Å². The zero-order chi connectivity index (χ0) is 37.0. The molecule has 0 aliphatic carbocycles. The van der Waals surface area contributed by atoms with Crippen molar-refractivity contribution in [3.8, 4) is 22.6 Å². The first-order valence-corrected chi connectivity index (χ1v) is 20.2. The van der Waals surface area contributed by atoms with Crippen LogP contribution >= 0.6 is 0 Å². The van der Waals surface area contributed by atoms with Gasteiger partial charge in [0.05, 0.1) is 18.1 Å². The summed E-state index contributed by atoms with van der Waals surface area (Å²) in [7, 11) is 0. The Kier molecular flexibility index (Phi) is 17.8. The van der Waals surface area contributed by atoms with E-state index in [1.54, 1.807) is 18.2 Å². The van der Waals surface area contributed by atoms with E-state index in [9.17, 15) is 9.59 Å². The Hall–Kier alpha value is -4.12. The summed E-state index contributed by atoms with van der Waals surface area (Å²) >= 11 is 0. The van der Waals surface area contributed by atoms with Crippen LogP contribution in [-0.2, 0) is 9.53 Å². The number of esters is 2. The second-order valence-electron chi connectivity index (χ2n) is 14.4. The van der Waals surface area contributed by atoms with Crippen molar-refractivity contribution in [1.82, 2.24) is 0 Å². The molecule has 0 spiro atoms. The molecule has 4 aromatic rings. The van der Waals surface area contributed by atoms with Crippen LogP contribution in [0.4, 0.5) is 0 Å². The first kappa shape index (κ1) is 40.6. The fraction of sp³-hybridized carbons (Fsp3) is 0.489. The molecular formula is C47H62O5. The summed E-state index contributed by atoms with van der Waals surface area (Å²) in [5.41, 5.74) is 3.49. The summed E-state index contributed by atoms with van der Waals surface area (Å²) in [6.07, 6.45) is 19.3. The second-order valence-corrected chi connectivity index (χ2v) is 14.4. The SMILES string of the molecule is CCCCCCCCCCCCOc1ccc(-c2ccc(C(=O)Oc3ccc4cc([C@H](C)C(=O)OC(CCCC)CCCC)ccc4c3)cc2)cc1. The van der Waals surface area contributed by atoms with Crippen LogP contribution in [-0.4, -0.2) is 24.6 Å². The molecule has 0 heterocycles. The maximum Gasteiger partial charge on any atom is 0.343 e. The molecular weight excluding hydrogens is 645 g/mol. The third-order valence-corrected chi connectivity index (χ3v) is 10.0. The van der Waals surface area contributed by atoms with Gasteiger partial charge in [0.25, 0.3) is 0 Å². The number of rotatable bonds is 24. The van der Waals surface area contributed by atoms with Crippen molar-refractivity contribution in [2.45, 2.75) is 142 Å². The topological polar surface area (TPSA) is 61.8 Å². The number of unbranched alkanes of at least 4 members (excludes halogenated alkanes) is 11. The molecule has 52 heavy (non-hydrogen) atoms. The average molecular weight is 707 g/mol. The molecule has 0 bridgehead atoms. The maximum absolute atomic E-state index is 13.1. The minimum absolute atomic E-state index is 0.0146. The Bertz CT molecular complexity index is 1620. The fourth-order valence-electron chi connectivity index (χ4n) is 6.59. The van der Waals surface area contributed by atoms with Crippen molar-refractivity contribution in [2.75, 3.05) is 6.61 Å². The monoisotopic (exact) mass is 706 g/mol. The predicted molar refractivity (Wildman–Crippen MR) is 215 cm³/mol. The van der Waals surface area contributed by atoms with E-state index >= 15 is 0 Å². The number of fused-ring (bicyclic) bond motifs is 1. The Labute approximate surface area is 313 Å². The molecule has 5 heteroatoms. The molecule has 1 atom stereocenters. The van der Waals surface area contributed by atoms with Gasteiger partial charge in [0.1, 0.15) is 17.6 Å². The van der Waals surface area contributed by atoms with Gasteiger partial charge in [0.2, 0.25) is 0 Å². The molecule has 280 valence electrons. The van der Waals surface area contributed by atoms with E-state index in [-0.39, 0.29) is 18.0 Å². The van der Waals surface area contributed by atoms with E-state index < -0.39 is 5.97 Å². The van der Waals surface area contributed by atoms with Crippen LogP contribution < -0.4 is 9.47 Å². The highest BCUT2D eigenvalue weighted by atomic mass is 16.5. The summed E-state index contributed by atoms with van der Waals surface area (Å²) in [5, 5.41) is 1.91. The standard InChI is InChI=1S/C47H62O5/c1-5-8-11-12-13-14-15-16-17-18-33-50-43-30-27-38(28-31-43)37-21-23-39(24-22-37)47(49)52-45-32-29-41-34-40(25-26-42(41)35-45)36(4)46(48)51-44(19-9-6-2)20-10-7-3/h21-32,34-36,44H,5-20,33H2,1-4H3/t36-/m0/s1. The van der Waals surface area contributed by atoms with Gasteiger partial charge in [-0.3, -0.25) is 4.79 Å². The van der Waals surface area contributed by atoms with Gasteiger partial charge in [-0.2, -0.15) is 0 Å². The zero-order valence-electron chi connectivity index (χ0n) is 32.3. The predicted octanol–water partition coefficient (Wildman–Crippen LogP) is 13.4. The van der Waals surface area contributed by atoms with E-state index in [1.807, 2.05) is 61.5 Å². The maximum atomic E-state index is 13.1. The first-order valence-electron chi connectivity index (χ1n) is 20.2. The Morgan fingerprint density at radius 1 is 0.558 bits per heavy atom. The molecule has 4 rings (SSSR count). The molecule has 0 aliphatic rings. The van der Waals surface area contributed by atoms with Crippen LogP contribution in [0.3, 0.4) is 0 Å². The van der Waals surface area contributed by atoms with Crippen molar-refractivity contribution in [3.05, 3.63) is 96.1 Å². The van der Waals surface area contributed by atoms with E-state index in [4.69, 9.17) is 14.2 Å². The van der Waals surface area contributed by atoms with Crippen molar-refractivity contribution in [3.63, 3.8) is 0 Å². The van der Waals surface area contributed by atoms with Crippen molar-refractivity contribution in [1.29, 1.82) is 0 Å². The Morgan fingerprint density at radius 3 is 1.69 bits per heavy atom. The smallest absolute Gasteiger partial charge is 0.343 e. The van der Waals surface area contributed by atoms with Gasteiger partial charge in [-0.05, 0) is 90.0 Å². The quantitative estimate of drug-likeness (QED) is 0.0412. The lowest BCUT2D eigenvalue weighted by atomic mass is 9.97. The second kappa shape index (κ2) is 22.7. The van der Waals surface area contributed by atoms with Crippen molar-refractivity contribution < 1.29 is 23.8 Å². The molecule has 0 fully saturated rings. The molecule has 0 saturated heterocycles. The van der Waals surface area contributed by atoms with E-state index in [0.29, 0.717) is 11.3 Å². The lowest BCUT2D eigenvalue weighted by Gasteiger charge is -2.20. The number of carbonyl (C=O) groups excluding carboxylic acids is 2. The van der Waals surface area contributed by atoms with Crippen LogP contribution in [0.5, 0.6) is 11.5 Å². The molecule has 4 aromatic carbocycles. The zero-order valence-corrected chi connectivity index (χ0v) is 32.3. The van der Waals surface area contributed by atoms with Crippen LogP contribution in [0.1, 0.15) is 152 Å². The molecule has 5 nitrogen and oxygen atoms in total. The number of hydrogen-bond acceptors (Lipinski definition) is 5. The third-order valence-electron chi connectivity index (χ3n) is 10.0. The van der Waals surface area contributed by atoms with Crippen LogP contribution in [0.2, 0.25) is 0 Å². The van der Waals surface area contributed by atoms with E-state index in [1.165, 1.54) is 57.8 Å². The fourth-order valence-corrected chi connectivity index (χ4v) is 6.59. The largest absolute Gasteiger partial charge is 0.494 e. The number of hydrogen-bond donors (Lipinski definition) is 0. The summed E-state index contributed by atoms with van der Waals surface area (Å²) < 4.78 is 17.7. The number of ether oxygens (including phenoxy) is 3. The molecule has 0 unspecified atom stereocenters. The molecule has 0 saturated carbocycles. The Balaban J connectivity index is 1.23. The summed E-state index contributed by atoms with van der Waals surface area (Å²) in [4.78, 5) is 26.1. The summed E-state index contributed by atoms with van der Waals surface area (Å²) in [6.45, 7) is 9.25. The molecule has 0 aromatic heterocycles. The Morgan fingerprint density at radius 2 is 1.08 bits per heavy atom. The molecule has 0 N–H and O–H groups in total. The summed E-state index contributed by atoms with van der Waals surface area (Å²) in [5.74, 6) is 0.424. The van der Waals surface area contributed by atoms with Crippen molar-refractivity contribution >= 4 is 22.7 Å². The van der Waals surface area contributed by atoms with Gasteiger partial charge in [0, 0.05) is 0 Å². The highest BCUT2D eigenvalue weighted by Gasteiger charge is 2.21. The van der Waals surface area contributed by atoms with Gasteiger partial charge in [-0.25, -0.2) is 4.79 Å². The molecule has 0 aliphatic heterocycles. The van der Waals surface area contributed by atoms with Gasteiger partial charge in [-0.15, -0.1) is 0 Å². The lowest BCUT2D eigenvalue weighted by Crippen LogP contribution is -2.22. The first-order chi connectivity index (χ1) is 25.4. The van der Waals surface area contributed by atoms with Gasteiger partial charge >= 0.3 is 11.9 Å². The third kappa shape index (κ3) is 13.5. The van der Waals surface area contributed by atoms with Gasteiger partial charge in [-0.1, -0.05) is 153 Å². The van der Waals surface area contributed by atoms with E-state index in [2.05, 4.69) is 32.9 Å². The lowest BCUT2D eigenvalue weighted by molar-refractivity contribution is -0.151. The normalized spacial score (nSPS) is 11.9. The summed E-state index contributed by atoms with van der Waals surface area (Å²) in [6, 6.07) is 27.2. The minimum atomic E-state index is -0.407. The molecule has 0 radical (unpaired) electrons. The number of carbonyl (C=O) groups is 2. The van der Waals surface area contributed by atoms with Crippen LogP contribution in [0.25, 0.3) is 21.9 Å². The van der Waals surface area contributed by atoms with Crippen LogP contribution in [0.15, 0.2) is 84.9 Å². The van der Waals surface area contributed by atoms with Crippen LogP contribution in [0, 0.1) is 0 Å². The van der Waals surface area contributed by atoms with E-state index in [0.717, 1.165) is 84.8 Å². The highest BCUT2D eigenvalue weighted by Crippen LogP contribution is 2.28. The minimum Gasteiger partial charge on any atom is -0.494 e. The van der Waals surface area contributed by atoms with Crippen molar-refractivity contribution in [2.24, 2.45) is 0 Å². The average Bonchev–Trinajstić information content (AvgIpc) is 3.17. The van der Waals surface area contributed by atoms with Gasteiger partial charge in [0.15, 0.2) is 0 Å².